The van der Waals surface area contributed by atoms with Gasteiger partial charge in [0.25, 0.3) is 0 Å². The lowest BCUT2D eigenvalue weighted by Crippen LogP contribution is -2.56. The number of phenolic OH excluding ortho intramolecular Hbond substituents is 1. The first-order valence-corrected chi connectivity index (χ1v) is 16.0. The zero-order chi connectivity index (χ0) is 35.1. The molecule has 0 spiro atoms. The second-order valence-electron chi connectivity index (χ2n) is 11.7. The van der Waals surface area contributed by atoms with Gasteiger partial charge < -0.3 is 48.5 Å². The first-order valence-electron chi connectivity index (χ1n) is 16.0. The molecule has 1 aliphatic heterocycles. The predicted molar refractivity (Wildman–Crippen MR) is 177 cm³/mol. The third-order valence-corrected chi connectivity index (χ3v) is 8.00. The summed E-state index contributed by atoms with van der Waals surface area (Å²) in [6.45, 7) is -0.151. The van der Waals surface area contributed by atoms with Crippen LogP contribution in [0.4, 0.5) is 0 Å². The summed E-state index contributed by atoms with van der Waals surface area (Å²) in [5.74, 6) is -3.52. The molecule has 15 heteroatoms. The van der Waals surface area contributed by atoms with E-state index in [1.807, 2.05) is 6.07 Å². The summed E-state index contributed by atoms with van der Waals surface area (Å²) in [6.07, 6.45) is 2.51. The number of nitrogens with one attached hydrogen (secondary N) is 4. The number of nitrogens with zero attached hydrogens (tertiary/aromatic N) is 1. The van der Waals surface area contributed by atoms with E-state index >= 15 is 0 Å². The molecule has 1 heterocycles. The maximum absolute atomic E-state index is 13.6. The number of hydrogen-bond donors (Lipinski definition) is 8. The third-order valence-electron chi connectivity index (χ3n) is 8.00. The van der Waals surface area contributed by atoms with Gasteiger partial charge in [-0.05, 0) is 61.9 Å². The Morgan fingerprint density at radius 3 is 2.10 bits per heavy atom. The van der Waals surface area contributed by atoms with Gasteiger partial charge in [-0.25, -0.2) is 0 Å². The van der Waals surface area contributed by atoms with Crippen molar-refractivity contribution in [1.82, 2.24) is 26.2 Å². The molecule has 2 aromatic carbocycles. The van der Waals surface area contributed by atoms with Crippen LogP contribution in [0.2, 0.25) is 0 Å². The minimum Gasteiger partial charge on any atom is -0.508 e. The monoisotopic (exact) mass is 666 g/mol. The molecule has 4 atom stereocenters. The molecule has 0 radical (unpaired) electrons. The highest BCUT2D eigenvalue weighted by Gasteiger charge is 2.38. The molecule has 15 nitrogen and oxygen atoms in total. The molecule has 1 saturated heterocycles. The van der Waals surface area contributed by atoms with Gasteiger partial charge in [0.2, 0.25) is 35.4 Å². The minimum atomic E-state index is -1.02. The quantitative estimate of drug-likeness (QED) is 0.0844. The summed E-state index contributed by atoms with van der Waals surface area (Å²) >= 11 is 0. The van der Waals surface area contributed by atoms with Crippen molar-refractivity contribution in [3.63, 3.8) is 0 Å². The minimum absolute atomic E-state index is 0.0494. The number of carbonyl (C=O) groups excluding carboxylic acids is 6. The summed E-state index contributed by atoms with van der Waals surface area (Å²) in [5, 5.41) is 20.0. The number of likely N-dealkylation sites (tertiary alicyclic amines) is 1. The average molecular weight is 667 g/mol. The van der Waals surface area contributed by atoms with Crippen molar-refractivity contribution in [1.29, 1.82) is 0 Å². The van der Waals surface area contributed by atoms with Crippen LogP contribution in [0.3, 0.4) is 0 Å². The first-order chi connectivity index (χ1) is 23.0. The Morgan fingerprint density at radius 2 is 1.46 bits per heavy atom. The fourth-order valence-corrected chi connectivity index (χ4v) is 5.46. The predicted octanol–water partition coefficient (Wildman–Crippen LogP) is -1.69. The molecule has 260 valence electrons. The number of carbonyl (C=O) groups is 6. The number of rotatable bonds is 18. The molecule has 1 fully saturated rings. The number of benzene rings is 2. The van der Waals surface area contributed by atoms with Crippen molar-refractivity contribution in [2.24, 2.45) is 17.2 Å². The van der Waals surface area contributed by atoms with E-state index in [0.29, 0.717) is 37.8 Å². The molecule has 48 heavy (non-hydrogen) atoms. The molecule has 6 amide bonds. The lowest BCUT2D eigenvalue weighted by molar-refractivity contribution is -0.141. The van der Waals surface area contributed by atoms with E-state index in [-0.39, 0.29) is 38.1 Å². The van der Waals surface area contributed by atoms with Gasteiger partial charge in [0.05, 0.1) is 13.1 Å². The normalized spacial score (nSPS) is 15.9. The smallest absolute Gasteiger partial charge is 0.246 e. The molecule has 0 aromatic heterocycles. The highest BCUT2D eigenvalue weighted by molar-refractivity contribution is 5.95. The maximum Gasteiger partial charge on any atom is 0.246 e. The number of primary amides is 1. The van der Waals surface area contributed by atoms with Gasteiger partial charge in [-0.3, -0.25) is 28.8 Å². The van der Waals surface area contributed by atoms with Gasteiger partial charge in [-0.15, -0.1) is 0 Å². The van der Waals surface area contributed by atoms with Crippen LogP contribution < -0.4 is 38.5 Å². The van der Waals surface area contributed by atoms with Gasteiger partial charge in [-0.1, -0.05) is 42.5 Å². The van der Waals surface area contributed by atoms with E-state index in [0.717, 1.165) is 5.56 Å². The number of phenols is 1. The first kappa shape index (κ1) is 37.4. The fourth-order valence-electron chi connectivity index (χ4n) is 5.46. The van der Waals surface area contributed by atoms with Gasteiger partial charge in [0.1, 0.15) is 29.9 Å². The summed E-state index contributed by atoms with van der Waals surface area (Å²) in [7, 11) is 0. The zero-order valence-electron chi connectivity index (χ0n) is 26.9. The van der Waals surface area contributed by atoms with E-state index < -0.39 is 66.2 Å². The van der Waals surface area contributed by atoms with E-state index in [9.17, 15) is 33.9 Å². The Hall–Kier alpha value is -5.02. The lowest BCUT2D eigenvalue weighted by atomic mass is 10.0. The van der Waals surface area contributed by atoms with Crippen molar-refractivity contribution in [3.8, 4) is 5.75 Å². The molecule has 11 N–H and O–H groups in total. The van der Waals surface area contributed by atoms with Crippen LogP contribution in [0.25, 0.3) is 0 Å². The van der Waals surface area contributed by atoms with E-state index in [2.05, 4.69) is 21.3 Å². The third kappa shape index (κ3) is 11.7. The van der Waals surface area contributed by atoms with Crippen molar-refractivity contribution in [2.75, 3.05) is 26.2 Å². The number of aromatic hydroxyl groups is 1. The average Bonchev–Trinajstić information content (AvgIpc) is 3.57. The van der Waals surface area contributed by atoms with Crippen LogP contribution in [0, 0.1) is 0 Å². The number of unbranched alkanes of at least 4 members (excludes halogenated alkanes) is 1. The summed E-state index contributed by atoms with van der Waals surface area (Å²) in [5.41, 5.74) is 18.1. The Morgan fingerprint density at radius 1 is 0.812 bits per heavy atom. The summed E-state index contributed by atoms with van der Waals surface area (Å²) < 4.78 is 0. The molecule has 4 unspecified atom stereocenters. The Bertz CT molecular complexity index is 1410. The van der Waals surface area contributed by atoms with Crippen LogP contribution >= 0.6 is 0 Å². The highest BCUT2D eigenvalue weighted by Crippen LogP contribution is 2.20. The van der Waals surface area contributed by atoms with Crippen molar-refractivity contribution >= 4 is 35.4 Å². The van der Waals surface area contributed by atoms with E-state index in [1.165, 1.54) is 17.0 Å². The Balaban J connectivity index is 1.62. The van der Waals surface area contributed by atoms with Crippen LogP contribution in [-0.2, 0) is 41.6 Å². The van der Waals surface area contributed by atoms with E-state index in [4.69, 9.17) is 17.2 Å². The van der Waals surface area contributed by atoms with Crippen molar-refractivity contribution in [2.45, 2.75) is 69.1 Å². The van der Waals surface area contributed by atoms with Crippen molar-refractivity contribution in [3.05, 3.63) is 65.7 Å². The SMILES string of the molecule is NCCCCC(NC(=O)CNC(=O)C1CCCN1C(=O)C(Cc1ccc(O)cc1)NC(=O)CN)C(=O)NC(Cc1ccccc1)C(N)=O. The summed E-state index contributed by atoms with van der Waals surface area (Å²) in [6, 6.07) is 11.3. The molecule has 3 rings (SSSR count). The van der Waals surface area contributed by atoms with Gasteiger partial charge in [-0.2, -0.15) is 0 Å². The fraction of sp³-hybridized carbons (Fsp3) is 0.455. The molecule has 1 aliphatic rings. The van der Waals surface area contributed by atoms with Crippen molar-refractivity contribution < 1.29 is 33.9 Å². The molecule has 0 bridgehead atoms. The van der Waals surface area contributed by atoms with Gasteiger partial charge in [0, 0.05) is 19.4 Å². The lowest BCUT2D eigenvalue weighted by Gasteiger charge is -2.29. The molecular weight excluding hydrogens is 620 g/mol. The molecular formula is C33H46N8O7. The molecule has 2 aromatic rings. The van der Waals surface area contributed by atoms with Crippen LogP contribution in [0.1, 0.15) is 43.2 Å². The standard InChI is InChI=1S/C33H46N8O7/c34-15-5-4-9-24(31(46)40-25(30(36)45)17-21-7-2-1-3-8-21)38-29(44)20-37-32(47)27-10-6-16-41(27)33(48)26(39-28(43)19-35)18-22-11-13-23(42)14-12-22/h1-3,7-8,11-14,24-27,42H,4-6,9-10,15-20,34-35H2,(H2,36,45)(H,37,47)(H,38,44)(H,39,43)(H,40,46). The van der Waals surface area contributed by atoms with E-state index in [1.54, 1.807) is 36.4 Å². The zero-order valence-corrected chi connectivity index (χ0v) is 26.9. The topological polar surface area (TPSA) is 252 Å². The van der Waals surface area contributed by atoms with Gasteiger partial charge >= 0.3 is 0 Å². The largest absolute Gasteiger partial charge is 0.508 e. The molecule has 0 saturated carbocycles. The molecule has 0 aliphatic carbocycles. The Kier molecular flexibility index (Phi) is 14.8. The maximum atomic E-state index is 13.6. The van der Waals surface area contributed by atoms with Crippen LogP contribution in [0.5, 0.6) is 5.75 Å². The number of nitrogens with two attached hydrogens (primary N) is 3. The van der Waals surface area contributed by atoms with Gasteiger partial charge in [0.15, 0.2) is 0 Å². The van der Waals surface area contributed by atoms with Crippen LogP contribution in [-0.4, -0.2) is 95.8 Å². The number of amides is 6. The second-order valence-corrected chi connectivity index (χ2v) is 11.7. The summed E-state index contributed by atoms with van der Waals surface area (Å²) in [4.78, 5) is 78.6. The second kappa shape index (κ2) is 19.0. The number of hydrogen-bond acceptors (Lipinski definition) is 9. The Labute approximate surface area is 279 Å². The highest BCUT2D eigenvalue weighted by atomic mass is 16.3. The van der Waals surface area contributed by atoms with Crippen LogP contribution in [0.15, 0.2) is 54.6 Å².